The van der Waals surface area contributed by atoms with Crippen LogP contribution in [0.15, 0.2) is 48.5 Å². The molecule has 0 bridgehead atoms. The third-order valence-corrected chi connectivity index (χ3v) is 4.57. The molecule has 2 aromatic carbocycles. The number of nitrogens with one attached hydrogen (secondary N) is 2. The van der Waals surface area contributed by atoms with Crippen LogP contribution in [0, 0.1) is 0 Å². The van der Waals surface area contributed by atoms with Crippen LogP contribution in [0.4, 0.5) is 5.69 Å². The van der Waals surface area contributed by atoms with E-state index in [0.717, 1.165) is 19.4 Å². The zero-order chi connectivity index (χ0) is 20.6. The SMILES string of the molecule is CCC(=O)Oc1ccc(C(=O)Nc2ccccc2C(=O)NCC2CCCO2)cc1. The fourth-order valence-electron chi connectivity index (χ4n) is 2.97. The van der Waals surface area contributed by atoms with E-state index in [1.807, 2.05) is 0 Å². The highest BCUT2D eigenvalue weighted by Gasteiger charge is 2.18. The summed E-state index contributed by atoms with van der Waals surface area (Å²) < 4.78 is 10.6. The van der Waals surface area contributed by atoms with Gasteiger partial charge in [-0.25, -0.2) is 0 Å². The Labute approximate surface area is 169 Å². The lowest BCUT2D eigenvalue weighted by atomic mass is 10.1. The van der Waals surface area contributed by atoms with E-state index in [1.165, 1.54) is 0 Å². The number of esters is 1. The average molecular weight is 396 g/mol. The van der Waals surface area contributed by atoms with Crippen molar-refractivity contribution in [2.45, 2.75) is 32.3 Å². The van der Waals surface area contributed by atoms with Gasteiger partial charge in [-0.3, -0.25) is 14.4 Å². The molecule has 2 N–H and O–H groups in total. The van der Waals surface area contributed by atoms with E-state index in [4.69, 9.17) is 9.47 Å². The van der Waals surface area contributed by atoms with E-state index in [2.05, 4.69) is 10.6 Å². The Morgan fingerprint density at radius 3 is 2.52 bits per heavy atom. The molecule has 152 valence electrons. The van der Waals surface area contributed by atoms with Crippen molar-refractivity contribution in [2.75, 3.05) is 18.5 Å². The first-order valence-electron chi connectivity index (χ1n) is 9.67. The number of amides is 2. The fourth-order valence-corrected chi connectivity index (χ4v) is 2.97. The summed E-state index contributed by atoms with van der Waals surface area (Å²) in [5.74, 6) is -0.594. The lowest BCUT2D eigenvalue weighted by Crippen LogP contribution is -2.32. The Kier molecular flexibility index (Phi) is 6.97. The van der Waals surface area contributed by atoms with E-state index in [1.54, 1.807) is 55.5 Å². The van der Waals surface area contributed by atoms with E-state index >= 15 is 0 Å². The van der Waals surface area contributed by atoms with Gasteiger partial charge >= 0.3 is 5.97 Å². The van der Waals surface area contributed by atoms with Crippen LogP contribution >= 0.6 is 0 Å². The molecule has 2 amide bonds. The van der Waals surface area contributed by atoms with Gasteiger partial charge in [0.1, 0.15) is 5.75 Å². The van der Waals surface area contributed by atoms with Gasteiger partial charge in [-0.1, -0.05) is 19.1 Å². The summed E-state index contributed by atoms with van der Waals surface area (Å²) in [6.07, 6.45) is 2.25. The van der Waals surface area contributed by atoms with Crippen LogP contribution < -0.4 is 15.4 Å². The number of carbonyl (C=O) groups is 3. The molecule has 1 fully saturated rings. The number of rotatable bonds is 7. The van der Waals surface area contributed by atoms with Crippen molar-refractivity contribution in [1.82, 2.24) is 5.32 Å². The standard InChI is InChI=1S/C22H24N2O5/c1-2-20(25)29-16-11-9-15(10-12-16)21(26)24-19-8-4-3-7-18(19)22(27)23-14-17-6-5-13-28-17/h3-4,7-12,17H,2,5-6,13-14H2,1H3,(H,23,27)(H,24,26). The maximum Gasteiger partial charge on any atom is 0.310 e. The molecule has 1 aliphatic heterocycles. The number of anilines is 1. The predicted molar refractivity (Wildman–Crippen MR) is 108 cm³/mol. The Morgan fingerprint density at radius 2 is 1.83 bits per heavy atom. The van der Waals surface area contributed by atoms with Gasteiger partial charge in [-0.05, 0) is 49.2 Å². The van der Waals surface area contributed by atoms with Crippen LogP contribution in [0.25, 0.3) is 0 Å². The third-order valence-electron chi connectivity index (χ3n) is 4.57. The molecule has 0 aliphatic carbocycles. The van der Waals surface area contributed by atoms with E-state index in [9.17, 15) is 14.4 Å². The molecule has 1 heterocycles. The van der Waals surface area contributed by atoms with Gasteiger partial charge in [0.25, 0.3) is 11.8 Å². The number of ether oxygens (including phenoxy) is 2. The average Bonchev–Trinajstić information content (AvgIpc) is 3.26. The molecule has 1 saturated heterocycles. The van der Waals surface area contributed by atoms with E-state index < -0.39 is 0 Å². The van der Waals surface area contributed by atoms with Gasteiger partial charge in [0.05, 0.1) is 17.4 Å². The van der Waals surface area contributed by atoms with Crippen LogP contribution in [0.2, 0.25) is 0 Å². The summed E-state index contributed by atoms with van der Waals surface area (Å²) in [6, 6.07) is 13.1. The summed E-state index contributed by atoms with van der Waals surface area (Å²) in [5, 5.41) is 5.63. The lowest BCUT2D eigenvalue weighted by Gasteiger charge is -2.14. The van der Waals surface area contributed by atoms with Crippen molar-refractivity contribution in [2.24, 2.45) is 0 Å². The first-order chi connectivity index (χ1) is 14.1. The lowest BCUT2D eigenvalue weighted by molar-refractivity contribution is -0.134. The fraction of sp³-hybridized carbons (Fsp3) is 0.318. The van der Waals surface area contributed by atoms with Crippen molar-refractivity contribution in [3.8, 4) is 5.75 Å². The summed E-state index contributed by atoms with van der Waals surface area (Å²) >= 11 is 0. The van der Waals surface area contributed by atoms with Crippen LogP contribution in [-0.2, 0) is 9.53 Å². The molecule has 1 aliphatic rings. The molecule has 0 aromatic heterocycles. The molecule has 7 heteroatoms. The van der Waals surface area contributed by atoms with Crippen molar-refractivity contribution in [3.05, 3.63) is 59.7 Å². The van der Waals surface area contributed by atoms with Crippen LogP contribution in [0.5, 0.6) is 5.75 Å². The van der Waals surface area contributed by atoms with Gasteiger partial charge in [0.15, 0.2) is 0 Å². The molecule has 29 heavy (non-hydrogen) atoms. The number of benzene rings is 2. The largest absolute Gasteiger partial charge is 0.427 e. The number of hydrogen-bond acceptors (Lipinski definition) is 5. The van der Waals surface area contributed by atoms with Crippen molar-refractivity contribution in [3.63, 3.8) is 0 Å². The van der Waals surface area contributed by atoms with Gasteiger partial charge in [-0.2, -0.15) is 0 Å². The second-order valence-corrected chi connectivity index (χ2v) is 6.70. The monoisotopic (exact) mass is 396 g/mol. The maximum absolute atomic E-state index is 12.6. The summed E-state index contributed by atoms with van der Waals surface area (Å²) in [4.78, 5) is 36.5. The third kappa shape index (κ3) is 5.65. The van der Waals surface area contributed by atoms with Crippen molar-refractivity contribution >= 4 is 23.5 Å². The van der Waals surface area contributed by atoms with Crippen LogP contribution in [0.3, 0.4) is 0 Å². The second-order valence-electron chi connectivity index (χ2n) is 6.70. The normalized spacial score (nSPS) is 15.6. The zero-order valence-electron chi connectivity index (χ0n) is 16.3. The molecule has 1 atom stereocenters. The van der Waals surface area contributed by atoms with Gasteiger partial charge in [0, 0.05) is 25.1 Å². The highest BCUT2D eigenvalue weighted by Crippen LogP contribution is 2.18. The Bertz CT molecular complexity index is 873. The predicted octanol–water partition coefficient (Wildman–Crippen LogP) is 3.16. The van der Waals surface area contributed by atoms with E-state index in [0.29, 0.717) is 29.1 Å². The van der Waals surface area contributed by atoms with Crippen LogP contribution in [-0.4, -0.2) is 37.0 Å². The topological polar surface area (TPSA) is 93.7 Å². The van der Waals surface area contributed by atoms with Crippen LogP contribution in [0.1, 0.15) is 46.9 Å². The molecule has 0 saturated carbocycles. The quantitative estimate of drug-likeness (QED) is 0.554. The molecule has 7 nitrogen and oxygen atoms in total. The summed E-state index contributed by atoms with van der Waals surface area (Å²) in [6.45, 7) is 2.88. The first-order valence-corrected chi connectivity index (χ1v) is 9.67. The molecule has 2 aromatic rings. The Morgan fingerprint density at radius 1 is 1.07 bits per heavy atom. The van der Waals surface area contributed by atoms with Gasteiger partial charge in [-0.15, -0.1) is 0 Å². The summed E-state index contributed by atoms with van der Waals surface area (Å²) in [7, 11) is 0. The first kappa shape index (κ1) is 20.5. The Balaban J connectivity index is 1.64. The summed E-state index contributed by atoms with van der Waals surface area (Å²) in [5.41, 5.74) is 1.19. The highest BCUT2D eigenvalue weighted by atomic mass is 16.5. The minimum absolute atomic E-state index is 0.0426. The molecule has 0 spiro atoms. The van der Waals surface area contributed by atoms with E-state index in [-0.39, 0.29) is 30.3 Å². The number of hydrogen-bond donors (Lipinski definition) is 2. The minimum Gasteiger partial charge on any atom is -0.427 e. The molecular formula is C22H24N2O5. The molecule has 0 radical (unpaired) electrons. The highest BCUT2D eigenvalue weighted by molar-refractivity contribution is 6.09. The molecule has 3 rings (SSSR count). The van der Waals surface area contributed by atoms with Gasteiger partial charge in [0.2, 0.25) is 0 Å². The second kappa shape index (κ2) is 9.84. The maximum atomic E-state index is 12.6. The molecular weight excluding hydrogens is 372 g/mol. The smallest absolute Gasteiger partial charge is 0.310 e. The van der Waals surface area contributed by atoms with Crippen molar-refractivity contribution < 1.29 is 23.9 Å². The molecule has 1 unspecified atom stereocenters. The minimum atomic E-state index is -0.363. The number of carbonyl (C=O) groups excluding carboxylic acids is 3. The van der Waals surface area contributed by atoms with Gasteiger partial charge < -0.3 is 20.1 Å². The Hall–Kier alpha value is -3.19. The van der Waals surface area contributed by atoms with Crippen molar-refractivity contribution in [1.29, 1.82) is 0 Å². The zero-order valence-corrected chi connectivity index (χ0v) is 16.3. The number of para-hydroxylation sites is 1.